The van der Waals surface area contributed by atoms with E-state index >= 15 is 0 Å². The molecular formula is C22H25FN4O3. The van der Waals surface area contributed by atoms with Crippen molar-refractivity contribution in [1.82, 2.24) is 15.2 Å². The summed E-state index contributed by atoms with van der Waals surface area (Å²) >= 11 is 0. The van der Waals surface area contributed by atoms with E-state index in [-0.39, 0.29) is 30.2 Å². The van der Waals surface area contributed by atoms with Crippen molar-refractivity contribution in [2.45, 2.75) is 33.2 Å². The Bertz CT molecular complexity index is 1070. The second-order valence-corrected chi connectivity index (χ2v) is 7.73. The molecule has 3 amide bonds. The van der Waals surface area contributed by atoms with E-state index in [0.717, 1.165) is 0 Å². The van der Waals surface area contributed by atoms with Crippen LogP contribution in [0.5, 0.6) is 0 Å². The molecule has 158 valence electrons. The molecule has 3 N–H and O–H groups in total. The Morgan fingerprint density at radius 1 is 1.27 bits per heavy atom. The molecule has 1 unspecified atom stereocenters. The standard InChI is InChI=1S/C22H25FN4O3/c1-11(8-19(28)27(4)5)24-22(30)20-12(2)18(25-13(20)3)10-16-15-9-14(23)6-7-17(15)26-21(16)29/h6-7,9-11,25H,8H2,1-5H3,(H,24,30)(H,26,29)/b16-10-. The fraction of sp³-hybridized carbons (Fsp3) is 0.318. The molecule has 7 nitrogen and oxygen atoms in total. The van der Waals surface area contributed by atoms with Crippen molar-refractivity contribution in [3.63, 3.8) is 0 Å². The van der Waals surface area contributed by atoms with Gasteiger partial charge in [0.2, 0.25) is 5.91 Å². The number of hydrogen-bond acceptors (Lipinski definition) is 3. The van der Waals surface area contributed by atoms with Gasteiger partial charge in [0.1, 0.15) is 5.82 Å². The van der Waals surface area contributed by atoms with Gasteiger partial charge in [0.05, 0.1) is 11.1 Å². The largest absolute Gasteiger partial charge is 0.358 e. The van der Waals surface area contributed by atoms with Crippen molar-refractivity contribution in [3.8, 4) is 0 Å². The molecule has 1 aromatic carbocycles. The van der Waals surface area contributed by atoms with Crippen molar-refractivity contribution < 1.29 is 18.8 Å². The van der Waals surface area contributed by atoms with Crippen molar-refractivity contribution in [2.75, 3.05) is 19.4 Å². The number of nitrogens with one attached hydrogen (secondary N) is 3. The average molecular weight is 412 g/mol. The molecule has 0 saturated carbocycles. The maximum atomic E-state index is 13.7. The van der Waals surface area contributed by atoms with E-state index in [1.165, 1.54) is 23.1 Å². The zero-order valence-electron chi connectivity index (χ0n) is 17.6. The Labute approximate surface area is 174 Å². The summed E-state index contributed by atoms with van der Waals surface area (Å²) in [5, 5.41) is 5.56. The predicted molar refractivity (Wildman–Crippen MR) is 113 cm³/mol. The van der Waals surface area contributed by atoms with Crippen LogP contribution in [0.4, 0.5) is 10.1 Å². The lowest BCUT2D eigenvalue weighted by atomic mass is 10.0. The molecule has 0 bridgehead atoms. The van der Waals surface area contributed by atoms with Crippen LogP contribution in [0.2, 0.25) is 0 Å². The Morgan fingerprint density at radius 2 is 1.97 bits per heavy atom. The van der Waals surface area contributed by atoms with Gasteiger partial charge in [-0.15, -0.1) is 0 Å². The molecule has 0 radical (unpaired) electrons. The maximum absolute atomic E-state index is 13.7. The molecule has 2 aromatic rings. The van der Waals surface area contributed by atoms with Crippen molar-refractivity contribution in [1.29, 1.82) is 0 Å². The molecule has 8 heteroatoms. The molecule has 0 fully saturated rings. The van der Waals surface area contributed by atoms with E-state index in [1.54, 1.807) is 40.9 Å². The number of fused-ring (bicyclic) bond motifs is 1. The van der Waals surface area contributed by atoms with E-state index in [1.807, 2.05) is 0 Å². The SMILES string of the molecule is Cc1[nH]c(/C=C2\C(=O)Nc3ccc(F)cc32)c(C)c1C(=O)NC(C)CC(=O)N(C)C. The number of rotatable bonds is 5. The number of aromatic nitrogens is 1. The topological polar surface area (TPSA) is 94.3 Å². The number of amides is 3. The molecule has 0 spiro atoms. The van der Waals surface area contributed by atoms with Gasteiger partial charge in [0.25, 0.3) is 11.8 Å². The van der Waals surface area contributed by atoms with Crippen LogP contribution in [0.25, 0.3) is 11.6 Å². The van der Waals surface area contributed by atoms with Gasteiger partial charge in [-0.2, -0.15) is 0 Å². The summed E-state index contributed by atoms with van der Waals surface area (Å²) in [6.07, 6.45) is 1.82. The van der Waals surface area contributed by atoms with Crippen molar-refractivity contribution >= 4 is 35.1 Å². The third-order valence-corrected chi connectivity index (χ3v) is 5.11. The molecule has 0 aliphatic carbocycles. The highest BCUT2D eigenvalue weighted by Gasteiger charge is 2.26. The summed E-state index contributed by atoms with van der Waals surface area (Å²) in [5.41, 5.74) is 3.72. The van der Waals surface area contributed by atoms with Gasteiger partial charge in [0.15, 0.2) is 0 Å². The van der Waals surface area contributed by atoms with Crippen LogP contribution in [-0.4, -0.2) is 47.7 Å². The molecule has 1 atom stereocenters. The fourth-order valence-electron chi connectivity index (χ4n) is 3.50. The van der Waals surface area contributed by atoms with E-state index < -0.39 is 5.82 Å². The maximum Gasteiger partial charge on any atom is 0.256 e. The Balaban J connectivity index is 1.87. The predicted octanol–water partition coefficient (Wildman–Crippen LogP) is 2.86. The molecule has 0 saturated heterocycles. The van der Waals surface area contributed by atoms with Gasteiger partial charge in [-0.3, -0.25) is 14.4 Å². The zero-order chi connectivity index (χ0) is 22.2. The lowest BCUT2D eigenvalue weighted by Crippen LogP contribution is -2.37. The van der Waals surface area contributed by atoms with Crippen LogP contribution in [0.3, 0.4) is 0 Å². The first kappa shape index (κ1) is 21.3. The van der Waals surface area contributed by atoms with Crippen LogP contribution >= 0.6 is 0 Å². The van der Waals surface area contributed by atoms with Gasteiger partial charge >= 0.3 is 0 Å². The smallest absolute Gasteiger partial charge is 0.256 e. The number of aromatic amines is 1. The second-order valence-electron chi connectivity index (χ2n) is 7.73. The molecule has 30 heavy (non-hydrogen) atoms. The molecule has 1 aromatic heterocycles. The van der Waals surface area contributed by atoms with Crippen LogP contribution in [0.15, 0.2) is 18.2 Å². The molecule has 3 rings (SSSR count). The Hall–Kier alpha value is -3.42. The highest BCUT2D eigenvalue weighted by Crippen LogP contribution is 2.34. The van der Waals surface area contributed by atoms with Crippen LogP contribution in [0.1, 0.15) is 46.2 Å². The normalized spacial score (nSPS) is 15.0. The molecule has 2 heterocycles. The molecule has 1 aliphatic heterocycles. The molecule has 1 aliphatic rings. The lowest BCUT2D eigenvalue weighted by Gasteiger charge is -2.16. The minimum atomic E-state index is -0.433. The second kappa shape index (κ2) is 8.14. The summed E-state index contributed by atoms with van der Waals surface area (Å²) < 4.78 is 13.7. The number of nitrogens with zero attached hydrogens (tertiary/aromatic N) is 1. The first-order chi connectivity index (χ1) is 14.1. The van der Waals surface area contributed by atoms with Gasteiger partial charge in [-0.05, 0) is 50.6 Å². The number of H-pyrrole nitrogens is 1. The third-order valence-electron chi connectivity index (χ3n) is 5.11. The quantitative estimate of drug-likeness (QED) is 0.659. The lowest BCUT2D eigenvalue weighted by molar-refractivity contribution is -0.129. The van der Waals surface area contributed by atoms with E-state index in [2.05, 4.69) is 15.6 Å². The Morgan fingerprint density at radius 3 is 2.63 bits per heavy atom. The number of benzene rings is 1. The third kappa shape index (κ3) is 4.12. The highest BCUT2D eigenvalue weighted by molar-refractivity contribution is 6.34. The van der Waals surface area contributed by atoms with Crippen LogP contribution in [-0.2, 0) is 9.59 Å². The van der Waals surface area contributed by atoms with Gasteiger partial charge in [0, 0.05) is 49.2 Å². The summed E-state index contributed by atoms with van der Waals surface area (Å²) in [6, 6.07) is 3.78. The number of carbonyl (C=O) groups excluding carboxylic acids is 3. The summed E-state index contributed by atoms with van der Waals surface area (Å²) in [4.78, 5) is 41.6. The van der Waals surface area contributed by atoms with E-state index in [4.69, 9.17) is 0 Å². The van der Waals surface area contributed by atoms with Crippen molar-refractivity contribution in [3.05, 3.63) is 52.1 Å². The number of anilines is 1. The van der Waals surface area contributed by atoms with Crippen LogP contribution < -0.4 is 10.6 Å². The van der Waals surface area contributed by atoms with Gasteiger partial charge in [-0.25, -0.2) is 4.39 Å². The number of halogens is 1. The minimum Gasteiger partial charge on any atom is -0.358 e. The summed E-state index contributed by atoms with van der Waals surface area (Å²) in [7, 11) is 3.33. The zero-order valence-corrected chi connectivity index (χ0v) is 17.6. The summed E-state index contributed by atoms with van der Waals surface area (Å²) in [5.74, 6) is -1.14. The monoisotopic (exact) mass is 412 g/mol. The minimum absolute atomic E-state index is 0.0751. The Kier molecular flexibility index (Phi) is 5.78. The number of aryl methyl sites for hydroxylation is 1. The van der Waals surface area contributed by atoms with Gasteiger partial charge in [-0.1, -0.05) is 0 Å². The molecular weight excluding hydrogens is 387 g/mol. The first-order valence-corrected chi connectivity index (χ1v) is 9.61. The van der Waals surface area contributed by atoms with Crippen LogP contribution in [0, 0.1) is 19.7 Å². The van der Waals surface area contributed by atoms with E-state index in [0.29, 0.717) is 39.3 Å². The fourth-order valence-corrected chi connectivity index (χ4v) is 3.50. The highest BCUT2D eigenvalue weighted by atomic mass is 19.1. The number of carbonyl (C=O) groups is 3. The first-order valence-electron chi connectivity index (χ1n) is 9.61. The summed E-state index contributed by atoms with van der Waals surface area (Å²) in [6.45, 7) is 5.32. The van der Waals surface area contributed by atoms with E-state index in [9.17, 15) is 18.8 Å². The van der Waals surface area contributed by atoms with Gasteiger partial charge < -0.3 is 20.5 Å². The number of hydrogen-bond donors (Lipinski definition) is 3. The average Bonchev–Trinajstić information content (AvgIpc) is 3.10. The van der Waals surface area contributed by atoms with Crippen molar-refractivity contribution in [2.24, 2.45) is 0 Å².